The number of thiophene rings is 1. The highest BCUT2D eigenvalue weighted by atomic mass is 35.5. The molecule has 2 nitrogen and oxygen atoms in total. The van der Waals surface area contributed by atoms with E-state index >= 15 is 0 Å². The van der Waals surface area contributed by atoms with Gasteiger partial charge in [0.1, 0.15) is 0 Å². The van der Waals surface area contributed by atoms with E-state index in [-0.39, 0.29) is 5.41 Å². The van der Waals surface area contributed by atoms with Crippen molar-refractivity contribution in [2.45, 2.75) is 33.4 Å². The fourth-order valence-corrected chi connectivity index (χ4v) is 3.15. The molecule has 1 heterocycles. The molecule has 0 spiro atoms. The summed E-state index contributed by atoms with van der Waals surface area (Å²) in [5.74, 6) is 0. The molecule has 1 aromatic heterocycles. The lowest BCUT2D eigenvalue weighted by atomic mass is 9.85. The predicted molar refractivity (Wildman–Crippen MR) is 78.0 cm³/mol. The van der Waals surface area contributed by atoms with E-state index in [1.807, 2.05) is 13.1 Å². The van der Waals surface area contributed by atoms with Gasteiger partial charge in [-0.2, -0.15) is 0 Å². The van der Waals surface area contributed by atoms with Gasteiger partial charge < -0.3 is 10.2 Å². The summed E-state index contributed by atoms with van der Waals surface area (Å²) >= 11 is 7.60. The van der Waals surface area contributed by atoms with E-state index in [1.165, 1.54) is 4.88 Å². The van der Waals surface area contributed by atoms with Gasteiger partial charge >= 0.3 is 0 Å². The fraction of sp³-hybridized carbons (Fsp3) is 0.692. The van der Waals surface area contributed by atoms with Gasteiger partial charge in [-0.15, -0.1) is 11.3 Å². The van der Waals surface area contributed by atoms with E-state index in [9.17, 15) is 0 Å². The molecule has 0 amide bonds. The van der Waals surface area contributed by atoms with Crippen molar-refractivity contribution in [1.29, 1.82) is 0 Å². The third kappa shape index (κ3) is 4.59. The van der Waals surface area contributed by atoms with Crippen LogP contribution in [0.25, 0.3) is 0 Å². The Hall–Kier alpha value is -0.0900. The van der Waals surface area contributed by atoms with Crippen molar-refractivity contribution in [2.24, 2.45) is 5.41 Å². The van der Waals surface area contributed by atoms with Crippen LogP contribution in [0.3, 0.4) is 0 Å². The standard InChI is InChI=1S/C13H23ClN2S/c1-10(15-4)13(2,3)9-16(5)8-11-6-7-12(14)17-11/h6-7,10,15H,8-9H2,1-5H3. The van der Waals surface area contributed by atoms with Gasteiger partial charge in [0, 0.05) is 24.0 Å². The minimum atomic E-state index is 0.255. The number of hydrogen-bond acceptors (Lipinski definition) is 3. The lowest BCUT2D eigenvalue weighted by Crippen LogP contribution is -2.44. The minimum Gasteiger partial charge on any atom is -0.317 e. The Morgan fingerprint density at radius 1 is 1.47 bits per heavy atom. The molecule has 98 valence electrons. The van der Waals surface area contributed by atoms with E-state index in [0.717, 1.165) is 17.4 Å². The van der Waals surface area contributed by atoms with E-state index in [1.54, 1.807) is 11.3 Å². The molecular weight excluding hydrogens is 252 g/mol. The molecule has 1 atom stereocenters. The van der Waals surface area contributed by atoms with Crippen LogP contribution in [0.1, 0.15) is 25.6 Å². The number of nitrogens with one attached hydrogen (secondary N) is 1. The van der Waals surface area contributed by atoms with Crippen molar-refractivity contribution in [2.75, 3.05) is 20.6 Å². The normalized spacial score (nSPS) is 14.3. The van der Waals surface area contributed by atoms with Crippen LogP contribution in [0, 0.1) is 5.41 Å². The maximum absolute atomic E-state index is 5.94. The molecule has 0 aliphatic carbocycles. The number of rotatable bonds is 6. The number of nitrogens with zero attached hydrogens (tertiary/aromatic N) is 1. The Balaban J connectivity index is 2.51. The molecule has 1 rings (SSSR count). The van der Waals surface area contributed by atoms with Gasteiger partial charge in [-0.3, -0.25) is 0 Å². The van der Waals surface area contributed by atoms with Crippen LogP contribution >= 0.6 is 22.9 Å². The second-order valence-electron chi connectivity index (χ2n) is 5.38. The summed E-state index contributed by atoms with van der Waals surface area (Å²) in [5.41, 5.74) is 0.255. The van der Waals surface area contributed by atoms with Gasteiger partial charge in [-0.25, -0.2) is 0 Å². The molecule has 0 saturated carbocycles. The molecular formula is C13H23ClN2S. The van der Waals surface area contributed by atoms with Crippen molar-refractivity contribution < 1.29 is 0 Å². The highest BCUT2D eigenvalue weighted by Gasteiger charge is 2.26. The first kappa shape index (κ1) is 15.0. The second-order valence-corrected chi connectivity index (χ2v) is 7.18. The molecule has 1 aromatic rings. The molecule has 0 bridgehead atoms. The molecule has 0 aliphatic rings. The molecule has 17 heavy (non-hydrogen) atoms. The second kappa shape index (κ2) is 6.19. The molecule has 0 radical (unpaired) electrons. The Morgan fingerprint density at radius 3 is 2.59 bits per heavy atom. The molecule has 0 fully saturated rings. The average Bonchev–Trinajstić information content (AvgIpc) is 2.61. The largest absolute Gasteiger partial charge is 0.317 e. The summed E-state index contributed by atoms with van der Waals surface area (Å²) in [6, 6.07) is 4.58. The summed E-state index contributed by atoms with van der Waals surface area (Å²) in [6.45, 7) is 8.86. The topological polar surface area (TPSA) is 15.3 Å². The molecule has 0 aliphatic heterocycles. The van der Waals surface area contributed by atoms with Gasteiger partial charge in [-0.05, 0) is 38.6 Å². The molecule has 0 saturated heterocycles. The summed E-state index contributed by atoms with van der Waals surface area (Å²) < 4.78 is 0.872. The van der Waals surface area contributed by atoms with Crippen molar-refractivity contribution in [3.8, 4) is 0 Å². The molecule has 1 N–H and O–H groups in total. The third-order valence-corrected chi connectivity index (χ3v) is 4.55. The smallest absolute Gasteiger partial charge is 0.0931 e. The van der Waals surface area contributed by atoms with E-state index in [2.05, 4.69) is 44.1 Å². The van der Waals surface area contributed by atoms with Gasteiger partial charge in [0.25, 0.3) is 0 Å². The first-order valence-corrected chi connectivity index (χ1v) is 7.14. The number of halogens is 1. The maximum Gasteiger partial charge on any atom is 0.0931 e. The quantitative estimate of drug-likeness (QED) is 0.855. The van der Waals surface area contributed by atoms with Gasteiger partial charge in [0.15, 0.2) is 0 Å². The molecule has 1 unspecified atom stereocenters. The van der Waals surface area contributed by atoms with Crippen LogP contribution in [0.5, 0.6) is 0 Å². The zero-order chi connectivity index (χ0) is 13.1. The Morgan fingerprint density at radius 2 is 2.12 bits per heavy atom. The van der Waals surface area contributed by atoms with Gasteiger partial charge in [0.05, 0.1) is 4.34 Å². The predicted octanol–water partition coefficient (Wildman–Crippen LogP) is 3.47. The van der Waals surface area contributed by atoms with Crippen molar-refractivity contribution >= 4 is 22.9 Å². The van der Waals surface area contributed by atoms with Crippen LogP contribution in [-0.4, -0.2) is 31.6 Å². The van der Waals surface area contributed by atoms with Crippen molar-refractivity contribution in [3.05, 3.63) is 21.3 Å². The first-order chi connectivity index (χ1) is 7.85. The SMILES string of the molecule is CNC(C)C(C)(C)CN(C)Cc1ccc(Cl)s1. The minimum absolute atomic E-state index is 0.255. The monoisotopic (exact) mass is 274 g/mol. The van der Waals surface area contributed by atoms with Crippen LogP contribution in [0.4, 0.5) is 0 Å². The van der Waals surface area contributed by atoms with E-state index in [0.29, 0.717) is 6.04 Å². The van der Waals surface area contributed by atoms with E-state index < -0.39 is 0 Å². The maximum atomic E-state index is 5.94. The van der Waals surface area contributed by atoms with Crippen LogP contribution < -0.4 is 5.32 Å². The lowest BCUT2D eigenvalue weighted by molar-refractivity contribution is 0.165. The summed E-state index contributed by atoms with van der Waals surface area (Å²) in [7, 11) is 4.18. The first-order valence-electron chi connectivity index (χ1n) is 5.95. The fourth-order valence-electron chi connectivity index (χ4n) is 1.98. The highest BCUT2D eigenvalue weighted by molar-refractivity contribution is 7.16. The van der Waals surface area contributed by atoms with Crippen molar-refractivity contribution in [3.63, 3.8) is 0 Å². The summed E-state index contributed by atoms with van der Waals surface area (Å²) in [6.07, 6.45) is 0. The molecule has 4 heteroatoms. The zero-order valence-electron chi connectivity index (χ0n) is 11.4. The lowest BCUT2D eigenvalue weighted by Gasteiger charge is -2.35. The average molecular weight is 275 g/mol. The number of hydrogen-bond donors (Lipinski definition) is 1. The van der Waals surface area contributed by atoms with Crippen LogP contribution in [0.15, 0.2) is 12.1 Å². The van der Waals surface area contributed by atoms with E-state index in [4.69, 9.17) is 11.6 Å². The van der Waals surface area contributed by atoms with Crippen LogP contribution in [0.2, 0.25) is 4.34 Å². The van der Waals surface area contributed by atoms with Crippen LogP contribution in [-0.2, 0) is 6.54 Å². The molecule has 0 aromatic carbocycles. The Labute approximate surface area is 114 Å². The Bertz CT molecular complexity index is 349. The van der Waals surface area contributed by atoms with Gasteiger partial charge in [0.2, 0.25) is 0 Å². The highest BCUT2D eigenvalue weighted by Crippen LogP contribution is 2.25. The van der Waals surface area contributed by atoms with Gasteiger partial charge in [-0.1, -0.05) is 25.4 Å². The summed E-state index contributed by atoms with van der Waals surface area (Å²) in [4.78, 5) is 3.68. The third-order valence-electron chi connectivity index (χ3n) is 3.34. The Kier molecular flexibility index (Phi) is 5.45. The van der Waals surface area contributed by atoms with Crippen molar-refractivity contribution in [1.82, 2.24) is 10.2 Å². The zero-order valence-corrected chi connectivity index (χ0v) is 13.0. The summed E-state index contributed by atoms with van der Waals surface area (Å²) in [5, 5.41) is 3.33.